The summed E-state index contributed by atoms with van der Waals surface area (Å²) in [5.41, 5.74) is 2.26. The third-order valence-electron chi connectivity index (χ3n) is 5.18. The molecule has 3 aromatic heterocycles. The van der Waals surface area contributed by atoms with Crippen molar-refractivity contribution in [2.24, 2.45) is 0 Å². The van der Waals surface area contributed by atoms with Gasteiger partial charge in [0.05, 0.1) is 22.7 Å². The quantitative estimate of drug-likeness (QED) is 0.207. The molecule has 1 N–H and O–H groups in total. The van der Waals surface area contributed by atoms with E-state index in [1.54, 1.807) is 29.8 Å². The molecule has 0 aliphatic rings. The number of aromatic nitrogens is 4. The number of hydrogen-bond donors (Lipinski definition) is 1. The van der Waals surface area contributed by atoms with Crippen LogP contribution in [0.25, 0.3) is 17.3 Å². The van der Waals surface area contributed by atoms with Crippen molar-refractivity contribution in [2.75, 3.05) is 6.54 Å². The summed E-state index contributed by atoms with van der Waals surface area (Å²) in [5.74, 6) is 1.40. The van der Waals surface area contributed by atoms with Crippen molar-refractivity contribution in [2.45, 2.75) is 17.3 Å². The Balaban J connectivity index is 1.29. The van der Waals surface area contributed by atoms with Gasteiger partial charge in [0.2, 0.25) is 5.82 Å². The second kappa shape index (κ2) is 11.3. The second-order valence-electron chi connectivity index (χ2n) is 7.62. The molecule has 0 saturated heterocycles. The van der Waals surface area contributed by atoms with Crippen LogP contribution in [0.3, 0.4) is 0 Å². The minimum atomic E-state index is -0.186. The molecule has 3 heterocycles. The first-order valence-electron chi connectivity index (χ1n) is 10.9. The molecule has 0 saturated carbocycles. The number of nitrogens with one attached hydrogen (secondary N) is 1. The van der Waals surface area contributed by atoms with Crippen molar-refractivity contribution in [1.82, 2.24) is 25.1 Å². The van der Waals surface area contributed by atoms with Crippen molar-refractivity contribution in [3.8, 4) is 17.3 Å². The van der Waals surface area contributed by atoms with Gasteiger partial charge in [0.1, 0.15) is 10.7 Å². The molecule has 0 aliphatic heterocycles. The smallest absolute Gasteiger partial charge is 0.270 e. The Morgan fingerprint density at radius 2 is 1.94 bits per heavy atom. The van der Waals surface area contributed by atoms with Crippen LogP contribution in [0.4, 0.5) is 0 Å². The molecular weight excluding hydrogens is 537 g/mol. The molecule has 2 aromatic carbocycles. The Labute approximate surface area is 225 Å². The normalized spacial score (nSPS) is 11.1. The van der Waals surface area contributed by atoms with Crippen LogP contribution in [0, 0.1) is 0 Å². The molecule has 0 atom stereocenters. The second-order valence-corrected chi connectivity index (χ2v) is 10.4. The predicted octanol–water partition coefficient (Wildman–Crippen LogP) is 6.56. The molecule has 182 valence electrons. The fraction of sp³-hybridized carbons (Fsp3) is 0.120. The SMILES string of the molecule is O=C(NCCc1ccccc1)c1csc(CSc2nnc(-c3ccco3)n2-c2ccc(Cl)cc2Cl)n1. The zero-order valence-corrected chi connectivity index (χ0v) is 21.9. The van der Waals surface area contributed by atoms with Gasteiger partial charge in [-0.15, -0.1) is 21.5 Å². The van der Waals surface area contributed by atoms with E-state index in [1.807, 2.05) is 47.0 Å². The Morgan fingerprint density at radius 1 is 1.08 bits per heavy atom. The summed E-state index contributed by atoms with van der Waals surface area (Å²) in [6.07, 6.45) is 2.34. The molecule has 0 bridgehead atoms. The van der Waals surface area contributed by atoms with Gasteiger partial charge in [0.15, 0.2) is 10.9 Å². The van der Waals surface area contributed by atoms with Gasteiger partial charge in [0.25, 0.3) is 5.91 Å². The van der Waals surface area contributed by atoms with Gasteiger partial charge in [-0.2, -0.15) is 0 Å². The van der Waals surface area contributed by atoms with Gasteiger partial charge in [-0.25, -0.2) is 4.98 Å². The highest BCUT2D eigenvalue weighted by molar-refractivity contribution is 7.98. The molecule has 0 spiro atoms. The van der Waals surface area contributed by atoms with E-state index in [2.05, 4.69) is 20.5 Å². The van der Waals surface area contributed by atoms with Crippen molar-refractivity contribution in [1.29, 1.82) is 0 Å². The van der Waals surface area contributed by atoms with E-state index >= 15 is 0 Å². The third-order valence-corrected chi connectivity index (χ3v) is 7.69. The van der Waals surface area contributed by atoms with Crippen LogP contribution in [-0.4, -0.2) is 32.2 Å². The molecule has 36 heavy (non-hydrogen) atoms. The van der Waals surface area contributed by atoms with E-state index in [9.17, 15) is 4.79 Å². The monoisotopic (exact) mass is 555 g/mol. The third kappa shape index (κ3) is 5.65. The number of carbonyl (C=O) groups is 1. The average Bonchev–Trinajstić information content (AvgIpc) is 3.64. The van der Waals surface area contributed by atoms with Crippen molar-refractivity contribution < 1.29 is 9.21 Å². The highest BCUT2D eigenvalue weighted by atomic mass is 35.5. The van der Waals surface area contributed by atoms with Gasteiger partial charge in [-0.05, 0) is 42.3 Å². The summed E-state index contributed by atoms with van der Waals surface area (Å²) in [5, 5.41) is 15.8. The Bertz CT molecular complexity index is 1470. The molecule has 0 fully saturated rings. The van der Waals surface area contributed by atoms with E-state index in [0.717, 1.165) is 11.4 Å². The number of carbonyl (C=O) groups excluding carboxylic acids is 1. The standard InChI is InChI=1S/C25H19Cl2N5O2S2/c26-17-8-9-20(18(27)13-17)32-23(21-7-4-12-34-21)30-31-25(32)36-15-22-29-19(14-35-22)24(33)28-11-10-16-5-2-1-3-6-16/h1-9,12-14H,10-11,15H2,(H,28,33). The molecular formula is C25H19Cl2N5O2S2. The first-order valence-corrected chi connectivity index (χ1v) is 13.5. The first kappa shape index (κ1) is 24.6. The predicted molar refractivity (Wildman–Crippen MR) is 143 cm³/mol. The number of halogens is 2. The van der Waals surface area contributed by atoms with Gasteiger partial charge in [-0.1, -0.05) is 65.3 Å². The van der Waals surface area contributed by atoms with Crippen LogP contribution in [0.2, 0.25) is 10.0 Å². The van der Waals surface area contributed by atoms with Crippen LogP contribution < -0.4 is 5.32 Å². The maximum absolute atomic E-state index is 12.5. The van der Waals surface area contributed by atoms with Gasteiger partial charge in [-0.3, -0.25) is 9.36 Å². The van der Waals surface area contributed by atoms with E-state index in [-0.39, 0.29) is 5.91 Å². The molecule has 11 heteroatoms. The minimum absolute atomic E-state index is 0.186. The zero-order valence-electron chi connectivity index (χ0n) is 18.7. The van der Waals surface area contributed by atoms with Crippen LogP contribution >= 0.6 is 46.3 Å². The first-order chi connectivity index (χ1) is 17.6. The van der Waals surface area contributed by atoms with E-state index < -0.39 is 0 Å². The summed E-state index contributed by atoms with van der Waals surface area (Å²) in [4.78, 5) is 17.0. The number of furan rings is 1. The summed E-state index contributed by atoms with van der Waals surface area (Å²) in [6.45, 7) is 0.547. The molecule has 1 amide bonds. The van der Waals surface area contributed by atoms with E-state index in [0.29, 0.717) is 50.5 Å². The van der Waals surface area contributed by atoms with Crippen molar-refractivity contribution >= 4 is 52.2 Å². The number of rotatable bonds is 9. The van der Waals surface area contributed by atoms with Crippen LogP contribution in [0.1, 0.15) is 21.1 Å². The number of thiazole rings is 1. The molecule has 5 aromatic rings. The summed E-state index contributed by atoms with van der Waals surface area (Å²) in [7, 11) is 0. The lowest BCUT2D eigenvalue weighted by atomic mass is 10.1. The molecule has 0 unspecified atom stereocenters. The number of nitrogens with zero attached hydrogens (tertiary/aromatic N) is 4. The van der Waals surface area contributed by atoms with Crippen LogP contribution in [-0.2, 0) is 12.2 Å². The lowest BCUT2D eigenvalue weighted by Crippen LogP contribution is -2.26. The maximum atomic E-state index is 12.5. The number of benzene rings is 2. The molecule has 7 nitrogen and oxygen atoms in total. The zero-order chi connectivity index (χ0) is 24.9. The largest absolute Gasteiger partial charge is 0.461 e. The van der Waals surface area contributed by atoms with Crippen LogP contribution in [0.15, 0.2) is 81.9 Å². The molecule has 5 rings (SSSR count). The van der Waals surface area contributed by atoms with Crippen LogP contribution in [0.5, 0.6) is 0 Å². The number of thioether (sulfide) groups is 1. The average molecular weight is 557 g/mol. The summed E-state index contributed by atoms with van der Waals surface area (Å²) in [6, 6.07) is 18.9. The Morgan fingerprint density at radius 3 is 2.72 bits per heavy atom. The fourth-order valence-corrected chi connectivity index (χ4v) is 5.70. The fourth-order valence-electron chi connectivity index (χ4n) is 3.47. The molecule has 0 radical (unpaired) electrons. The summed E-state index contributed by atoms with van der Waals surface area (Å²) >= 11 is 15.5. The van der Waals surface area contributed by atoms with Crippen molar-refractivity contribution in [3.63, 3.8) is 0 Å². The van der Waals surface area contributed by atoms with Gasteiger partial charge in [0, 0.05) is 16.9 Å². The van der Waals surface area contributed by atoms with Gasteiger partial charge >= 0.3 is 0 Å². The number of amides is 1. The summed E-state index contributed by atoms with van der Waals surface area (Å²) < 4.78 is 7.38. The minimum Gasteiger partial charge on any atom is -0.461 e. The van der Waals surface area contributed by atoms with E-state index in [1.165, 1.54) is 28.7 Å². The highest BCUT2D eigenvalue weighted by Crippen LogP contribution is 2.34. The lowest BCUT2D eigenvalue weighted by molar-refractivity contribution is 0.0949. The van der Waals surface area contributed by atoms with Crippen molar-refractivity contribution in [3.05, 3.63) is 98.6 Å². The number of hydrogen-bond acceptors (Lipinski definition) is 7. The highest BCUT2D eigenvalue weighted by Gasteiger charge is 2.21. The topological polar surface area (TPSA) is 85.8 Å². The Hall–Kier alpha value is -3.11. The molecule has 0 aliphatic carbocycles. The Kier molecular flexibility index (Phi) is 7.72. The lowest BCUT2D eigenvalue weighted by Gasteiger charge is -2.11. The van der Waals surface area contributed by atoms with Gasteiger partial charge < -0.3 is 9.73 Å². The van der Waals surface area contributed by atoms with E-state index in [4.69, 9.17) is 27.6 Å². The maximum Gasteiger partial charge on any atom is 0.270 e.